The summed E-state index contributed by atoms with van der Waals surface area (Å²) in [6, 6.07) is 9.32. The Morgan fingerprint density at radius 1 is 1.38 bits per heavy atom. The summed E-state index contributed by atoms with van der Waals surface area (Å²) in [6.45, 7) is 4.86. The van der Waals surface area contributed by atoms with Gasteiger partial charge in [0.05, 0.1) is 18.7 Å². The largest absolute Gasteiger partial charge is 0.494 e. The van der Waals surface area contributed by atoms with Crippen molar-refractivity contribution in [3.05, 3.63) is 46.2 Å². The second kappa shape index (κ2) is 8.14. The van der Waals surface area contributed by atoms with Crippen LogP contribution >= 0.6 is 11.3 Å². The highest BCUT2D eigenvalue weighted by atomic mass is 32.1. The quantitative estimate of drug-likeness (QED) is 0.627. The zero-order valence-corrected chi connectivity index (χ0v) is 15.6. The van der Waals surface area contributed by atoms with Gasteiger partial charge >= 0.3 is 0 Å². The Morgan fingerprint density at radius 2 is 2.15 bits per heavy atom. The minimum atomic E-state index is -0.407. The van der Waals surface area contributed by atoms with Crippen molar-refractivity contribution in [1.29, 1.82) is 0 Å². The van der Waals surface area contributed by atoms with Crippen molar-refractivity contribution in [3.8, 4) is 5.75 Å². The Labute approximate surface area is 156 Å². The third-order valence-electron chi connectivity index (χ3n) is 4.21. The van der Waals surface area contributed by atoms with Crippen LogP contribution < -0.4 is 15.1 Å². The second-order valence-electron chi connectivity index (χ2n) is 6.03. The van der Waals surface area contributed by atoms with Crippen molar-refractivity contribution in [2.24, 2.45) is 11.0 Å². The lowest BCUT2D eigenvalue weighted by Crippen LogP contribution is -2.30. The number of nitrogens with zero attached hydrogens (tertiary/aromatic N) is 2. The molecule has 1 fully saturated rings. The average molecular weight is 371 g/mol. The number of amides is 2. The van der Waals surface area contributed by atoms with Gasteiger partial charge in [-0.3, -0.25) is 9.59 Å². The first-order valence-corrected chi connectivity index (χ1v) is 9.36. The van der Waals surface area contributed by atoms with Crippen LogP contribution in [0.2, 0.25) is 0 Å². The summed E-state index contributed by atoms with van der Waals surface area (Å²) in [4.78, 5) is 27.2. The van der Waals surface area contributed by atoms with E-state index in [1.807, 2.05) is 49.6 Å². The van der Waals surface area contributed by atoms with Crippen molar-refractivity contribution in [2.75, 3.05) is 18.1 Å². The van der Waals surface area contributed by atoms with E-state index in [-0.39, 0.29) is 18.2 Å². The lowest BCUT2D eigenvalue weighted by Gasteiger charge is -2.17. The Bertz CT molecular complexity index is 814. The van der Waals surface area contributed by atoms with Gasteiger partial charge in [0.15, 0.2) is 0 Å². The SMILES string of the molecule is CCOc1ccc(N2CC(C(=O)N/N=C/c3sccc3C)CC2=O)cc1. The number of rotatable bonds is 6. The van der Waals surface area contributed by atoms with E-state index in [1.165, 1.54) is 0 Å². The fraction of sp³-hybridized carbons (Fsp3) is 0.316. The molecule has 2 amide bonds. The van der Waals surface area contributed by atoms with Gasteiger partial charge in [0.2, 0.25) is 11.8 Å². The normalized spacial score (nSPS) is 17.1. The maximum absolute atomic E-state index is 12.3. The smallest absolute Gasteiger partial charge is 0.245 e. The topological polar surface area (TPSA) is 71.0 Å². The van der Waals surface area contributed by atoms with Crippen LogP contribution in [0.5, 0.6) is 5.75 Å². The van der Waals surface area contributed by atoms with Crippen molar-refractivity contribution < 1.29 is 14.3 Å². The highest BCUT2D eigenvalue weighted by Crippen LogP contribution is 2.27. The maximum atomic E-state index is 12.3. The molecule has 6 nitrogen and oxygen atoms in total. The summed E-state index contributed by atoms with van der Waals surface area (Å²) in [5.41, 5.74) is 4.43. The van der Waals surface area contributed by atoms with Crippen LogP contribution in [0, 0.1) is 12.8 Å². The Kier molecular flexibility index (Phi) is 5.68. The highest BCUT2D eigenvalue weighted by molar-refractivity contribution is 7.11. The molecule has 0 bridgehead atoms. The second-order valence-corrected chi connectivity index (χ2v) is 6.98. The number of anilines is 1. The number of benzene rings is 1. The fourth-order valence-electron chi connectivity index (χ4n) is 2.78. The lowest BCUT2D eigenvalue weighted by molar-refractivity contribution is -0.126. The molecule has 1 aromatic carbocycles. The number of hydrogen-bond donors (Lipinski definition) is 1. The minimum absolute atomic E-state index is 0.0626. The van der Waals surface area contributed by atoms with Crippen molar-refractivity contribution in [1.82, 2.24) is 5.43 Å². The summed E-state index contributed by atoms with van der Waals surface area (Å²) in [5, 5.41) is 5.99. The number of carbonyl (C=O) groups excluding carboxylic acids is 2. The van der Waals surface area contributed by atoms with Crippen molar-refractivity contribution >= 4 is 35.1 Å². The molecule has 2 heterocycles. The lowest BCUT2D eigenvalue weighted by atomic mass is 10.1. The highest BCUT2D eigenvalue weighted by Gasteiger charge is 2.35. The maximum Gasteiger partial charge on any atom is 0.245 e. The van der Waals surface area contributed by atoms with E-state index < -0.39 is 5.92 Å². The van der Waals surface area contributed by atoms with Gasteiger partial charge < -0.3 is 9.64 Å². The van der Waals surface area contributed by atoms with E-state index in [4.69, 9.17) is 4.74 Å². The first-order chi connectivity index (χ1) is 12.6. The molecule has 136 valence electrons. The number of hydrogen-bond acceptors (Lipinski definition) is 5. The van der Waals surface area contributed by atoms with Gasteiger partial charge in [-0.2, -0.15) is 5.10 Å². The molecule has 7 heteroatoms. The molecule has 1 atom stereocenters. The Balaban J connectivity index is 1.59. The molecule has 26 heavy (non-hydrogen) atoms. The van der Waals surface area contributed by atoms with Gasteiger partial charge in [0.1, 0.15) is 5.75 Å². The number of thiophene rings is 1. The van der Waals surface area contributed by atoms with Gasteiger partial charge in [-0.05, 0) is 55.1 Å². The van der Waals surface area contributed by atoms with E-state index in [1.54, 1.807) is 22.5 Å². The van der Waals surface area contributed by atoms with E-state index in [2.05, 4.69) is 10.5 Å². The summed E-state index contributed by atoms with van der Waals surface area (Å²) in [7, 11) is 0. The first-order valence-electron chi connectivity index (χ1n) is 8.48. The fourth-order valence-corrected chi connectivity index (χ4v) is 3.57. The first kappa shape index (κ1) is 18.1. The predicted octanol–water partition coefficient (Wildman–Crippen LogP) is 2.96. The third-order valence-corrected chi connectivity index (χ3v) is 5.17. The van der Waals surface area contributed by atoms with E-state index in [9.17, 15) is 9.59 Å². The van der Waals surface area contributed by atoms with Crippen molar-refractivity contribution in [3.63, 3.8) is 0 Å². The minimum Gasteiger partial charge on any atom is -0.494 e. The molecule has 1 aliphatic rings. The van der Waals surface area contributed by atoms with Crippen LogP contribution in [0.25, 0.3) is 0 Å². The monoisotopic (exact) mass is 371 g/mol. The summed E-state index contributed by atoms with van der Waals surface area (Å²) in [6.07, 6.45) is 1.82. The average Bonchev–Trinajstić information content (AvgIpc) is 3.22. The molecule has 2 aromatic rings. The number of aryl methyl sites for hydroxylation is 1. The van der Waals surface area contributed by atoms with Crippen LogP contribution in [0.4, 0.5) is 5.69 Å². The summed E-state index contributed by atoms with van der Waals surface area (Å²) >= 11 is 1.56. The molecule has 0 spiro atoms. The van der Waals surface area contributed by atoms with Crippen LogP contribution in [-0.4, -0.2) is 31.2 Å². The van der Waals surface area contributed by atoms with Crippen LogP contribution in [-0.2, 0) is 9.59 Å². The summed E-state index contributed by atoms with van der Waals surface area (Å²) < 4.78 is 5.41. The van der Waals surface area contributed by atoms with E-state index in [0.717, 1.165) is 21.9 Å². The molecule has 0 radical (unpaired) electrons. The van der Waals surface area contributed by atoms with Crippen LogP contribution in [0.1, 0.15) is 23.8 Å². The molecule has 1 aromatic heterocycles. The van der Waals surface area contributed by atoms with Gasteiger partial charge in [-0.1, -0.05) is 0 Å². The standard InChI is InChI=1S/C19H21N3O3S/c1-3-25-16-6-4-15(5-7-16)22-12-14(10-18(22)23)19(24)21-20-11-17-13(2)8-9-26-17/h4-9,11,14H,3,10,12H2,1-2H3,(H,21,24)/b20-11+. The molecular weight excluding hydrogens is 350 g/mol. The molecule has 3 rings (SSSR count). The molecule has 1 saturated heterocycles. The van der Waals surface area contributed by atoms with Gasteiger partial charge in [-0.15, -0.1) is 11.3 Å². The molecule has 0 saturated carbocycles. The number of hydrazone groups is 1. The van der Waals surface area contributed by atoms with E-state index >= 15 is 0 Å². The Morgan fingerprint density at radius 3 is 2.81 bits per heavy atom. The van der Waals surface area contributed by atoms with Crippen LogP contribution in [0.3, 0.4) is 0 Å². The number of ether oxygens (including phenoxy) is 1. The number of carbonyl (C=O) groups is 2. The molecule has 1 N–H and O–H groups in total. The zero-order valence-electron chi connectivity index (χ0n) is 14.8. The van der Waals surface area contributed by atoms with Gasteiger partial charge in [0, 0.05) is 23.5 Å². The van der Waals surface area contributed by atoms with Crippen molar-refractivity contribution in [2.45, 2.75) is 20.3 Å². The predicted molar refractivity (Wildman–Crippen MR) is 103 cm³/mol. The third kappa shape index (κ3) is 4.11. The molecule has 0 aliphatic carbocycles. The molecular formula is C19H21N3O3S. The Hall–Kier alpha value is -2.67. The summed E-state index contributed by atoms with van der Waals surface area (Å²) in [5.74, 6) is 0.0516. The molecule has 1 aliphatic heterocycles. The van der Waals surface area contributed by atoms with Gasteiger partial charge in [-0.25, -0.2) is 5.43 Å². The number of nitrogens with one attached hydrogen (secondary N) is 1. The zero-order chi connectivity index (χ0) is 18.5. The van der Waals surface area contributed by atoms with E-state index in [0.29, 0.717) is 13.2 Å². The van der Waals surface area contributed by atoms with Gasteiger partial charge in [0.25, 0.3) is 0 Å². The van der Waals surface area contributed by atoms with Crippen LogP contribution in [0.15, 0.2) is 40.8 Å². The molecule has 1 unspecified atom stereocenters.